The molecular weight excluding hydrogens is 238 g/mol. The molecule has 3 heteroatoms. The van der Waals surface area contributed by atoms with Crippen LogP contribution in [0.4, 0.5) is 5.69 Å². The highest BCUT2D eigenvalue weighted by molar-refractivity contribution is 5.94. The number of carboxylic acids is 1. The van der Waals surface area contributed by atoms with Gasteiger partial charge in [-0.3, -0.25) is 0 Å². The number of anilines is 1. The van der Waals surface area contributed by atoms with Crippen molar-refractivity contribution in [2.75, 3.05) is 5.73 Å². The van der Waals surface area contributed by atoms with Gasteiger partial charge in [-0.25, -0.2) is 4.79 Å². The molecule has 0 saturated carbocycles. The molecule has 2 aromatic rings. The monoisotopic (exact) mass is 255 g/mol. The van der Waals surface area contributed by atoms with Gasteiger partial charge in [-0.15, -0.1) is 0 Å². The maximum absolute atomic E-state index is 11.1. The summed E-state index contributed by atoms with van der Waals surface area (Å²) in [4.78, 5) is 11.1. The van der Waals surface area contributed by atoms with Gasteiger partial charge in [0.2, 0.25) is 0 Å². The van der Waals surface area contributed by atoms with Gasteiger partial charge in [-0.2, -0.15) is 0 Å². The fourth-order valence-electron chi connectivity index (χ4n) is 2.21. The van der Waals surface area contributed by atoms with Crippen LogP contribution in [0.3, 0.4) is 0 Å². The molecule has 0 bridgehead atoms. The molecule has 3 N–H and O–H groups in total. The summed E-state index contributed by atoms with van der Waals surface area (Å²) >= 11 is 0. The average Bonchev–Trinajstić information content (AvgIpc) is 2.39. The SMILES string of the molecule is Cc1ccc(C(=O)O)c(N)c1CCc1ccccc1. The minimum Gasteiger partial charge on any atom is -0.478 e. The Kier molecular flexibility index (Phi) is 3.85. The van der Waals surface area contributed by atoms with Gasteiger partial charge in [-0.05, 0) is 42.5 Å². The van der Waals surface area contributed by atoms with Crippen LogP contribution in [0.2, 0.25) is 0 Å². The number of nitrogens with two attached hydrogens (primary N) is 1. The topological polar surface area (TPSA) is 63.3 Å². The van der Waals surface area contributed by atoms with Gasteiger partial charge in [0.25, 0.3) is 0 Å². The zero-order chi connectivity index (χ0) is 13.8. The lowest BCUT2D eigenvalue weighted by Crippen LogP contribution is -2.08. The Hall–Kier alpha value is -2.29. The molecule has 2 rings (SSSR count). The number of benzene rings is 2. The van der Waals surface area contributed by atoms with E-state index >= 15 is 0 Å². The van der Waals surface area contributed by atoms with Gasteiger partial charge < -0.3 is 10.8 Å². The molecule has 98 valence electrons. The van der Waals surface area contributed by atoms with E-state index in [-0.39, 0.29) is 5.56 Å². The summed E-state index contributed by atoms with van der Waals surface area (Å²) in [5.74, 6) is -0.974. The van der Waals surface area contributed by atoms with Crippen LogP contribution in [0.25, 0.3) is 0 Å². The first kappa shape index (κ1) is 13.1. The summed E-state index contributed by atoms with van der Waals surface area (Å²) < 4.78 is 0. The Morgan fingerprint density at radius 1 is 1.11 bits per heavy atom. The van der Waals surface area contributed by atoms with Gasteiger partial charge in [0.05, 0.1) is 5.56 Å². The van der Waals surface area contributed by atoms with Gasteiger partial charge >= 0.3 is 5.97 Å². The van der Waals surface area contributed by atoms with Crippen LogP contribution in [0.15, 0.2) is 42.5 Å². The second kappa shape index (κ2) is 5.57. The first-order chi connectivity index (χ1) is 9.09. The van der Waals surface area contributed by atoms with Crippen LogP contribution >= 0.6 is 0 Å². The van der Waals surface area contributed by atoms with Gasteiger partial charge in [0.1, 0.15) is 0 Å². The molecular formula is C16H17NO2. The molecule has 0 aliphatic heterocycles. The molecule has 0 aliphatic carbocycles. The predicted octanol–water partition coefficient (Wildman–Crippen LogP) is 3.06. The van der Waals surface area contributed by atoms with E-state index in [4.69, 9.17) is 10.8 Å². The van der Waals surface area contributed by atoms with Crippen molar-refractivity contribution in [1.29, 1.82) is 0 Å². The zero-order valence-corrected chi connectivity index (χ0v) is 10.9. The third kappa shape index (κ3) is 2.94. The van der Waals surface area contributed by atoms with Crippen LogP contribution in [-0.4, -0.2) is 11.1 Å². The Labute approximate surface area is 112 Å². The molecule has 0 unspecified atom stereocenters. The van der Waals surface area contributed by atoms with E-state index in [1.165, 1.54) is 5.56 Å². The first-order valence-corrected chi connectivity index (χ1v) is 6.24. The zero-order valence-electron chi connectivity index (χ0n) is 10.9. The standard InChI is InChI=1S/C16H17NO2/c1-11-7-9-14(16(18)19)15(17)13(11)10-8-12-5-3-2-4-6-12/h2-7,9H,8,10,17H2,1H3,(H,18,19). The molecule has 0 heterocycles. The van der Waals surface area contributed by atoms with Crippen LogP contribution in [0.5, 0.6) is 0 Å². The molecule has 0 aromatic heterocycles. The first-order valence-electron chi connectivity index (χ1n) is 6.24. The quantitative estimate of drug-likeness (QED) is 0.825. The number of aromatic carboxylic acids is 1. The average molecular weight is 255 g/mol. The lowest BCUT2D eigenvalue weighted by molar-refractivity contribution is 0.0698. The minimum atomic E-state index is -0.974. The normalized spacial score (nSPS) is 10.4. The number of aryl methyl sites for hydroxylation is 2. The molecule has 3 nitrogen and oxygen atoms in total. The summed E-state index contributed by atoms with van der Waals surface area (Å²) in [7, 11) is 0. The molecule has 0 spiro atoms. The maximum Gasteiger partial charge on any atom is 0.337 e. The summed E-state index contributed by atoms with van der Waals surface area (Å²) in [5.41, 5.74) is 9.75. The van der Waals surface area contributed by atoms with E-state index in [1.54, 1.807) is 6.07 Å². The second-order valence-electron chi connectivity index (χ2n) is 4.61. The molecule has 0 radical (unpaired) electrons. The predicted molar refractivity (Wildman–Crippen MR) is 76.4 cm³/mol. The molecule has 0 amide bonds. The number of rotatable bonds is 4. The van der Waals surface area contributed by atoms with E-state index in [0.29, 0.717) is 5.69 Å². The van der Waals surface area contributed by atoms with Crippen molar-refractivity contribution in [3.63, 3.8) is 0 Å². The highest BCUT2D eigenvalue weighted by atomic mass is 16.4. The van der Waals surface area contributed by atoms with Crippen LogP contribution in [0.1, 0.15) is 27.0 Å². The van der Waals surface area contributed by atoms with E-state index < -0.39 is 5.97 Å². The summed E-state index contributed by atoms with van der Waals surface area (Å²) in [6.07, 6.45) is 1.61. The highest BCUT2D eigenvalue weighted by Gasteiger charge is 2.13. The largest absolute Gasteiger partial charge is 0.478 e. The summed E-state index contributed by atoms with van der Waals surface area (Å²) in [6.45, 7) is 1.96. The lowest BCUT2D eigenvalue weighted by atomic mass is 9.96. The molecule has 19 heavy (non-hydrogen) atoms. The lowest BCUT2D eigenvalue weighted by Gasteiger charge is -2.12. The molecule has 0 saturated heterocycles. The van der Waals surface area contributed by atoms with Gasteiger partial charge in [0.15, 0.2) is 0 Å². The van der Waals surface area contributed by atoms with Crippen molar-refractivity contribution in [1.82, 2.24) is 0 Å². The number of carbonyl (C=O) groups is 1. The van der Waals surface area contributed by atoms with Crippen molar-refractivity contribution >= 4 is 11.7 Å². The van der Waals surface area contributed by atoms with E-state index in [1.807, 2.05) is 31.2 Å². The molecule has 0 fully saturated rings. The summed E-state index contributed by atoms with van der Waals surface area (Å²) in [5, 5.41) is 9.09. The molecule has 0 atom stereocenters. The minimum absolute atomic E-state index is 0.189. The Morgan fingerprint density at radius 3 is 2.42 bits per heavy atom. The van der Waals surface area contributed by atoms with E-state index in [0.717, 1.165) is 24.0 Å². The summed E-state index contributed by atoms with van der Waals surface area (Å²) in [6, 6.07) is 13.5. The van der Waals surface area contributed by atoms with Crippen LogP contribution in [-0.2, 0) is 12.8 Å². The van der Waals surface area contributed by atoms with Crippen molar-refractivity contribution in [2.24, 2.45) is 0 Å². The van der Waals surface area contributed by atoms with Crippen molar-refractivity contribution in [2.45, 2.75) is 19.8 Å². The maximum atomic E-state index is 11.1. The highest BCUT2D eigenvalue weighted by Crippen LogP contribution is 2.23. The second-order valence-corrected chi connectivity index (χ2v) is 4.61. The Bertz CT molecular complexity index is 591. The van der Waals surface area contributed by atoms with Crippen molar-refractivity contribution < 1.29 is 9.90 Å². The van der Waals surface area contributed by atoms with E-state index in [2.05, 4.69) is 12.1 Å². The third-order valence-electron chi connectivity index (χ3n) is 3.33. The number of hydrogen-bond acceptors (Lipinski definition) is 2. The third-order valence-corrected chi connectivity index (χ3v) is 3.33. The number of hydrogen-bond donors (Lipinski definition) is 2. The Morgan fingerprint density at radius 2 is 1.79 bits per heavy atom. The van der Waals surface area contributed by atoms with Crippen molar-refractivity contribution in [3.05, 3.63) is 64.7 Å². The van der Waals surface area contributed by atoms with Gasteiger partial charge in [0, 0.05) is 5.69 Å². The Balaban J connectivity index is 2.25. The van der Waals surface area contributed by atoms with Crippen LogP contribution < -0.4 is 5.73 Å². The fraction of sp³-hybridized carbons (Fsp3) is 0.188. The number of nitrogen functional groups attached to an aromatic ring is 1. The molecule has 0 aliphatic rings. The van der Waals surface area contributed by atoms with Crippen molar-refractivity contribution in [3.8, 4) is 0 Å². The van der Waals surface area contributed by atoms with E-state index in [9.17, 15) is 4.79 Å². The molecule has 2 aromatic carbocycles. The van der Waals surface area contributed by atoms with Gasteiger partial charge in [-0.1, -0.05) is 36.4 Å². The van der Waals surface area contributed by atoms with Crippen LogP contribution in [0, 0.1) is 6.92 Å². The number of carboxylic acid groups (broad SMARTS) is 1. The fourth-order valence-corrected chi connectivity index (χ4v) is 2.21. The smallest absolute Gasteiger partial charge is 0.337 e.